The van der Waals surface area contributed by atoms with Gasteiger partial charge in [0.15, 0.2) is 5.65 Å². The molecule has 0 saturated carbocycles. The van der Waals surface area contributed by atoms with Gasteiger partial charge in [0.1, 0.15) is 5.52 Å². The van der Waals surface area contributed by atoms with Gasteiger partial charge in [-0.25, -0.2) is 15.0 Å². The number of fused-ring (bicyclic) bond motifs is 2. The molecule has 0 aliphatic carbocycles. The molecule has 0 radical (unpaired) electrons. The highest BCUT2D eigenvalue weighted by atomic mass is 16.1. The Bertz CT molecular complexity index is 1360. The third-order valence-electron chi connectivity index (χ3n) is 4.86. The van der Waals surface area contributed by atoms with E-state index in [2.05, 4.69) is 21.0 Å². The summed E-state index contributed by atoms with van der Waals surface area (Å²) < 4.78 is 1.99. The molecule has 0 fully saturated rings. The Labute approximate surface area is 159 Å². The molecule has 0 atom stereocenters. The van der Waals surface area contributed by atoms with Gasteiger partial charge in [0.25, 0.3) is 0 Å². The molecule has 0 bridgehead atoms. The number of imidazole rings is 1. The van der Waals surface area contributed by atoms with Gasteiger partial charge in [-0.1, -0.05) is 18.2 Å². The summed E-state index contributed by atoms with van der Waals surface area (Å²) in [5.74, 6) is -0.470. The topological polar surface area (TPSA) is 102 Å². The lowest BCUT2D eigenvalue weighted by molar-refractivity contribution is 0.100. The molecule has 0 aliphatic rings. The molecular weight excluding hydrogens is 352 g/mol. The van der Waals surface area contributed by atoms with Gasteiger partial charge < -0.3 is 15.3 Å². The van der Waals surface area contributed by atoms with Gasteiger partial charge in [-0.2, -0.15) is 0 Å². The molecule has 3 heterocycles. The number of rotatable bonds is 3. The average Bonchev–Trinajstić information content (AvgIpc) is 3.31. The molecule has 2 aromatic carbocycles. The normalized spacial score (nSPS) is 11.3. The minimum atomic E-state index is -0.470. The maximum atomic E-state index is 11.5. The molecule has 136 valence electrons. The Morgan fingerprint density at radius 1 is 1.11 bits per heavy atom. The number of carbonyl (C=O) groups is 1. The van der Waals surface area contributed by atoms with Crippen LogP contribution < -0.4 is 5.73 Å². The van der Waals surface area contributed by atoms with Gasteiger partial charge in [0.2, 0.25) is 5.91 Å². The van der Waals surface area contributed by atoms with Gasteiger partial charge >= 0.3 is 0 Å². The first-order valence-corrected chi connectivity index (χ1v) is 8.76. The minimum Gasteiger partial charge on any atom is -0.366 e. The molecule has 0 saturated heterocycles. The maximum Gasteiger partial charge on any atom is 0.248 e. The number of nitrogens with one attached hydrogen (secondary N) is 1. The van der Waals surface area contributed by atoms with Crippen LogP contribution in [0.5, 0.6) is 0 Å². The van der Waals surface area contributed by atoms with Crippen molar-refractivity contribution < 1.29 is 4.79 Å². The van der Waals surface area contributed by atoms with Gasteiger partial charge in [-0.15, -0.1) is 0 Å². The highest BCUT2D eigenvalue weighted by molar-refractivity contribution is 5.95. The highest BCUT2D eigenvalue weighted by Gasteiger charge is 2.13. The fourth-order valence-electron chi connectivity index (χ4n) is 3.38. The van der Waals surface area contributed by atoms with Crippen LogP contribution in [-0.4, -0.2) is 30.4 Å². The Morgan fingerprint density at radius 2 is 2.00 bits per heavy atom. The van der Waals surface area contributed by atoms with E-state index in [-0.39, 0.29) is 0 Å². The van der Waals surface area contributed by atoms with Crippen molar-refractivity contribution in [1.29, 1.82) is 0 Å². The Hall–Kier alpha value is -4.00. The molecule has 5 rings (SSSR count). The van der Waals surface area contributed by atoms with Gasteiger partial charge in [-0.3, -0.25) is 4.79 Å². The molecule has 7 nitrogen and oxygen atoms in total. The zero-order valence-corrected chi connectivity index (χ0v) is 15.0. The second-order valence-corrected chi connectivity index (χ2v) is 6.66. The van der Waals surface area contributed by atoms with Crippen molar-refractivity contribution in [2.45, 2.75) is 0 Å². The van der Waals surface area contributed by atoms with E-state index >= 15 is 0 Å². The van der Waals surface area contributed by atoms with Crippen molar-refractivity contribution in [2.24, 2.45) is 12.8 Å². The minimum absolute atomic E-state index is 0.440. The average molecular weight is 368 g/mol. The van der Waals surface area contributed by atoms with Crippen LogP contribution in [-0.2, 0) is 7.05 Å². The quantitative estimate of drug-likeness (QED) is 0.510. The molecule has 0 spiro atoms. The summed E-state index contributed by atoms with van der Waals surface area (Å²) >= 11 is 0. The first-order chi connectivity index (χ1) is 13.6. The van der Waals surface area contributed by atoms with Crippen molar-refractivity contribution in [3.63, 3.8) is 0 Å². The monoisotopic (exact) mass is 368 g/mol. The zero-order chi connectivity index (χ0) is 19.3. The van der Waals surface area contributed by atoms with E-state index in [0.717, 1.165) is 33.2 Å². The van der Waals surface area contributed by atoms with Gasteiger partial charge in [-0.05, 0) is 29.8 Å². The Kier molecular flexibility index (Phi) is 3.48. The predicted octanol–water partition coefficient (Wildman–Crippen LogP) is 3.28. The molecule has 0 unspecified atom stereocenters. The first kappa shape index (κ1) is 16.2. The van der Waals surface area contributed by atoms with Crippen LogP contribution >= 0.6 is 0 Å². The summed E-state index contributed by atoms with van der Waals surface area (Å²) in [6.07, 6.45) is 5.39. The number of primary amides is 1. The smallest absolute Gasteiger partial charge is 0.248 e. The van der Waals surface area contributed by atoms with E-state index in [0.29, 0.717) is 16.9 Å². The lowest BCUT2D eigenvalue weighted by atomic mass is 10.1. The van der Waals surface area contributed by atoms with Crippen LogP contribution in [0.1, 0.15) is 10.4 Å². The fourth-order valence-corrected chi connectivity index (χ4v) is 3.38. The molecule has 0 aliphatic heterocycles. The summed E-state index contributed by atoms with van der Waals surface area (Å²) in [7, 11) is 1.97. The van der Waals surface area contributed by atoms with Crippen LogP contribution in [0.3, 0.4) is 0 Å². The molecule has 7 heteroatoms. The number of benzene rings is 2. The maximum absolute atomic E-state index is 11.5. The van der Waals surface area contributed by atoms with Crippen LogP contribution in [0.4, 0.5) is 0 Å². The number of nitrogens with two attached hydrogens (primary N) is 1. The summed E-state index contributed by atoms with van der Waals surface area (Å²) in [6, 6.07) is 13.2. The lowest BCUT2D eigenvalue weighted by Gasteiger charge is -2.04. The van der Waals surface area contributed by atoms with E-state index in [1.165, 1.54) is 0 Å². The molecule has 5 aromatic rings. The number of aromatic nitrogens is 5. The number of hydrogen-bond acceptors (Lipinski definition) is 4. The van der Waals surface area contributed by atoms with Crippen molar-refractivity contribution in [1.82, 2.24) is 24.5 Å². The second kappa shape index (κ2) is 6.02. The number of aryl methyl sites for hydroxylation is 1. The van der Waals surface area contributed by atoms with Crippen LogP contribution in [0.2, 0.25) is 0 Å². The molecule has 28 heavy (non-hydrogen) atoms. The van der Waals surface area contributed by atoms with Crippen molar-refractivity contribution in [3.8, 4) is 22.4 Å². The number of nitrogens with zero attached hydrogens (tertiary/aromatic N) is 4. The SMILES string of the molecule is Cn1cnc2ccc(-c3c[nH]c4ncc(-c5cccc(C(N)=O)c5)nc34)cc21. The standard InChI is InChI=1S/C21H16N6O/c1-27-11-25-16-6-5-12(8-18(16)27)15-9-23-21-19(15)26-17(10-24-21)13-3-2-4-14(7-13)20(22)28/h2-11H,1H3,(H2,22,28)(H,23,24). The number of H-pyrrole nitrogens is 1. The first-order valence-electron chi connectivity index (χ1n) is 8.76. The lowest BCUT2D eigenvalue weighted by Crippen LogP contribution is -2.10. The Balaban J connectivity index is 1.66. The van der Waals surface area contributed by atoms with Crippen LogP contribution in [0.15, 0.2) is 61.2 Å². The number of hydrogen-bond donors (Lipinski definition) is 2. The number of aromatic amines is 1. The number of amides is 1. The van der Waals surface area contributed by atoms with E-state index in [1.54, 1.807) is 30.7 Å². The third kappa shape index (κ3) is 2.52. The van der Waals surface area contributed by atoms with Crippen molar-refractivity contribution in [2.75, 3.05) is 0 Å². The summed E-state index contributed by atoms with van der Waals surface area (Å²) in [5.41, 5.74) is 12.8. The Morgan fingerprint density at radius 3 is 2.86 bits per heavy atom. The molecule has 3 N–H and O–H groups in total. The zero-order valence-electron chi connectivity index (χ0n) is 15.0. The predicted molar refractivity (Wildman–Crippen MR) is 108 cm³/mol. The van der Waals surface area contributed by atoms with Crippen molar-refractivity contribution >= 4 is 28.1 Å². The van der Waals surface area contributed by atoms with E-state index < -0.39 is 5.91 Å². The third-order valence-corrected chi connectivity index (χ3v) is 4.86. The number of carbonyl (C=O) groups excluding carboxylic acids is 1. The summed E-state index contributed by atoms with van der Waals surface area (Å²) in [6.45, 7) is 0. The van der Waals surface area contributed by atoms with Gasteiger partial charge in [0, 0.05) is 29.9 Å². The largest absolute Gasteiger partial charge is 0.366 e. The van der Waals surface area contributed by atoms with Crippen molar-refractivity contribution in [3.05, 3.63) is 66.7 Å². The molecule has 1 amide bonds. The molecule has 3 aromatic heterocycles. The summed E-state index contributed by atoms with van der Waals surface area (Å²) in [5, 5.41) is 0. The van der Waals surface area contributed by atoms with Crippen LogP contribution in [0, 0.1) is 0 Å². The van der Waals surface area contributed by atoms with E-state index in [9.17, 15) is 4.79 Å². The van der Waals surface area contributed by atoms with Crippen LogP contribution in [0.25, 0.3) is 44.6 Å². The summed E-state index contributed by atoms with van der Waals surface area (Å²) in [4.78, 5) is 28.3. The highest BCUT2D eigenvalue weighted by Crippen LogP contribution is 2.30. The molecular formula is C21H16N6O. The fraction of sp³-hybridized carbons (Fsp3) is 0.0476. The van der Waals surface area contributed by atoms with E-state index in [1.807, 2.05) is 36.0 Å². The van der Waals surface area contributed by atoms with E-state index in [4.69, 9.17) is 10.7 Å². The second-order valence-electron chi connectivity index (χ2n) is 6.66. The van der Waals surface area contributed by atoms with Gasteiger partial charge in [0.05, 0.1) is 29.3 Å².